The first-order valence-electron chi connectivity index (χ1n) is 12.5. The topological polar surface area (TPSA) is 98.4 Å². The molecule has 10 heteroatoms. The lowest BCUT2D eigenvalue weighted by Gasteiger charge is -2.25. The van der Waals surface area contributed by atoms with Crippen molar-refractivity contribution in [2.75, 3.05) is 14.2 Å². The first kappa shape index (κ1) is 28.1. The molecule has 210 valence electrons. The number of furan rings is 1. The van der Waals surface area contributed by atoms with E-state index in [9.17, 15) is 14.7 Å². The fourth-order valence-corrected chi connectivity index (χ4v) is 5.45. The van der Waals surface area contributed by atoms with Crippen molar-refractivity contribution in [2.45, 2.75) is 19.2 Å². The van der Waals surface area contributed by atoms with Gasteiger partial charge in [-0.05, 0) is 41.5 Å². The van der Waals surface area contributed by atoms with Gasteiger partial charge in [0.05, 0.1) is 49.2 Å². The van der Waals surface area contributed by atoms with Crippen LogP contribution in [0.3, 0.4) is 0 Å². The molecule has 8 nitrogen and oxygen atoms in total. The van der Waals surface area contributed by atoms with E-state index in [-0.39, 0.29) is 39.2 Å². The van der Waals surface area contributed by atoms with Gasteiger partial charge in [0.25, 0.3) is 11.7 Å². The van der Waals surface area contributed by atoms with Crippen LogP contribution in [0.2, 0.25) is 10.0 Å². The molecule has 1 atom stereocenters. The van der Waals surface area contributed by atoms with Crippen molar-refractivity contribution < 1.29 is 33.3 Å². The summed E-state index contributed by atoms with van der Waals surface area (Å²) in [4.78, 5) is 28.3. The van der Waals surface area contributed by atoms with E-state index in [0.29, 0.717) is 23.7 Å². The van der Waals surface area contributed by atoms with E-state index in [0.717, 1.165) is 5.56 Å². The predicted octanol–water partition coefficient (Wildman–Crippen LogP) is 6.80. The fraction of sp³-hybridized carbons (Fsp3) is 0.161. The number of ketones is 1. The molecule has 1 saturated heterocycles. The molecule has 0 aliphatic carbocycles. The quantitative estimate of drug-likeness (QED) is 0.129. The Morgan fingerprint density at radius 3 is 2.39 bits per heavy atom. The Bertz CT molecular complexity index is 1620. The van der Waals surface area contributed by atoms with Crippen LogP contribution in [0.15, 0.2) is 89.0 Å². The van der Waals surface area contributed by atoms with E-state index < -0.39 is 23.5 Å². The molecule has 2 heterocycles. The molecule has 1 aliphatic rings. The molecule has 5 rings (SSSR count). The van der Waals surface area contributed by atoms with Crippen molar-refractivity contribution in [1.29, 1.82) is 0 Å². The van der Waals surface area contributed by atoms with Crippen LogP contribution in [-0.2, 0) is 22.7 Å². The Balaban J connectivity index is 1.63. The number of hydrogen-bond acceptors (Lipinski definition) is 7. The smallest absolute Gasteiger partial charge is 0.296 e. The number of rotatable bonds is 9. The molecule has 3 aromatic carbocycles. The molecular weight excluding hydrogens is 569 g/mol. The Labute approximate surface area is 246 Å². The van der Waals surface area contributed by atoms with Crippen LogP contribution in [0.25, 0.3) is 5.76 Å². The van der Waals surface area contributed by atoms with Gasteiger partial charge in [0, 0.05) is 0 Å². The SMILES string of the molecule is COc1c(Cl)cc(/C(O)=C2\C(=O)C(=O)N(Cc3ccco3)C2c2cccc(OCc3ccccc3)c2)c(OC)c1Cl. The van der Waals surface area contributed by atoms with Crippen molar-refractivity contribution in [3.63, 3.8) is 0 Å². The number of methoxy groups -OCH3 is 2. The third kappa shape index (κ3) is 5.49. The standard InChI is InChI=1S/C31H25Cl2NO7/c1-38-29-22(15-23(32)30(39-2)25(29)33)27(35)24-26(34(31(37)28(24)36)16-21-12-7-13-40-21)19-10-6-11-20(14-19)41-17-18-8-4-3-5-9-18/h3-15,26,35H,16-17H2,1-2H3/b27-24+. The summed E-state index contributed by atoms with van der Waals surface area (Å²) in [5, 5.41) is 11.7. The van der Waals surface area contributed by atoms with Gasteiger partial charge in [0.1, 0.15) is 28.9 Å². The minimum Gasteiger partial charge on any atom is -0.507 e. The molecule has 4 aromatic rings. The number of carbonyl (C=O) groups excluding carboxylic acids is 2. The predicted molar refractivity (Wildman–Crippen MR) is 153 cm³/mol. The summed E-state index contributed by atoms with van der Waals surface area (Å²) >= 11 is 12.8. The van der Waals surface area contributed by atoms with Crippen LogP contribution in [0.5, 0.6) is 17.2 Å². The van der Waals surface area contributed by atoms with Gasteiger partial charge in [0.2, 0.25) is 0 Å². The summed E-state index contributed by atoms with van der Waals surface area (Å²) in [6, 6.07) is 20.4. The second kappa shape index (κ2) is 12.0. The maximum Gasteiger partial charge on any atom is 0.296 e. The fourth-order valence-electron chi connectivity index (χ4n) is 4.77. The number of Topliss-reactive ketones (excluding diaryl/α,β-unsaturated/α-hetero) is 1. The summed E-state index contributed by atoms with van der Waals surface area (Å²) in [6.07, 6.45) is 1.48. The number of halogens is 2. The third-order valence-electron chi connectivity index (χ3n) is 6.66. The lowest BCUT2D eigenvalue weighted by atomic mass is 9.94. The van der Waals surface area contributed by atoms with Crippen LogP contribution >= 0.6 is 23.2 Å². The maximum atomic E-state index is 13.5. The van der Waals surface area contributed by atoms with Crippen LogP contribution in [-0.4, -0.2) is 35.9 Å². The molecular formula is C31H25Cl2NO7. The molecule has 0 spiro atoms. The van der Waals surface area contributed by atoms with E-state index in [4.69, 9.17) is 41.8 Å². The highest BCUT2D eigenvalue weighted by atomic mass is 35.5. The van der Waals surface area contributed by atoms with Gasteiger partial charge in [-0.25, -0.2) is 0 Å². The van der Waals surface area contributed by atoms with Crippen LogP contribution in [0, 0.1) is 0 Å². The lowest BCUT2D eigenvalue weighted by Crippen LogP contribution is -2.29. The van der Waals surface area contributed by atoms with Crippen molar-refractivity contribution in [1.82, 2.24) is 4.90 Å². The second-order valence-corrected chi connectivity index (χ2v) is 9.92. The number of benzene rings is 3. The molecule has 1 fully saturated rings. The number of likely N-dealkylation sites (tertiary alicyclic amines) is 1. The van der Waals surface area contributed by atoms with Crippen LogP contribution in [0.4, 0.5) is 0 Å². The second-order valence-electron chi connectivity index (χ2n) is 9.14. The third-order valence-corrected chi connectivity index (χ3v) is 7.29. The van der Waals surface area contributed by atoms with E-state index in [1.54, 1.807) is 36.4 Å². The maximum absolute atomic E-state index is 13.5. The molecule has 41 heavy (non-hydrogen) atoms. The van der Waals surface area contributed by atoms with E-state index in [1.165, 1.54) is 31.4 Å². The van der Waals surface area contributed by atoms with Crippen molar-refractivity contribution in [3.8, 4) is 17.2 Å². The number of carbonyl (C=O) groups is 2. The van der Waals surface area contributed by atoms with Gasteiger partial charge in [-0.1, -0.05) is 65.7 Å². The van der Waals surface area contributed by atoms with Crippen LogP contribution < -0.4 is 14.2 Å². The molecule has 1 unspecified atom stereocenters. The van der Waals surface area contributed by atoms with Gasteiger partial charge in [-0.3, -0.25) is 9.59 Å². The Hall–Kier alpha value is -4.40. The van der Waals surface area contributed by atoms with Crippen molar-refractivity contribution in [2.24, 2.45) is 0 Å². The van der Waals surface area contributed by atoms with Gasteiger partial charge in [-0.15, -0.1) is 0 Å². The number of amides is 1. The highest BCUT2D eigenvalue weighted by Crippen LogP contribution is 2.47. The molecule has 1 aromatic heterocycles. The summed E-state index contributed by atoms with van der Waals surface area (Å²) in [6.45, 7) is 0.298. The lowest BCUT2D eigenvalue weighted by molar-refractivity contribution is -0.140. The van der Waals surface area contributed by atoms with Gasteiger partial charge < -0.3 is 28.6 Å². The molecule has 0 saturated carbocycles. The monoisotopic (exact) mass is 593 g/mol. The normalized spacial score (nSPS) is 16.2. The zero-order valence-electron chi connectivity index (χ0n) is 22.1. The Morgan fingerprint density at radius 2 is 1.71 bits per heavy atom. The average molecular weight is 594 g/mol. The summed E-state index contributed by atoms with van der Waals surface area (Å²) in [7, 11) is 2.74. The van der Waals surface area contributed by atoms with E-state index in [2.05, 4.69) is 0 Å². The molecule has 0 bridgehead atoms. The average Bonchev–Trinajstić information content (AvgIpc) is 3.59. The first-order chi connectivity index (χ1) is 19.8. The minimum atomic E-state index is -0.996. The Kier molecular flexibility index (Phi) is 8.23. The van der Waals surface area contributed by atoms with Gasteiger partial charge in [0.15, 0.2) is 11.5 Å². The zero-order valence-corrected chi connectivity index (χ0v) is 23.6. The summed E-state index contributed by atoms with van der Waals surface area (Å²) in [5.41, 5.74) is 1.37. The summed E-state index contributed by atoms with van der Waals surface area (Å²) < 4.78 is 22.2. The summed E-state index contributed by atoms with van der Waals surface area (Å²) in [5.74, 6) is -1.06. The Morgan fingerprint density at radius 1 is 0.951 bits per heavy atom. The highest BCUT2D eigenvalue weighted by molar-refractivity contribution is 6.47. The molecule has 1 amide bonds. The van der Waals surface area contributed by atoms with Crippen molar-refractivity contribution >= 4 is 40.7 Å². The number of nitrogens with zero attached hydrogens (tertiary/aromatic N) is 1. The van der Waals surface area contributed by atoms with E-state index >= 15 is 0 Å². The highest BCUT2D eigenvalue weighted by Gasteiger charge is 2.47. The van der Waals surface area contributed by atoms with Gasteiger partial charge >= 0.3 is 0 Å². The largest absolute Gasteiger partial charge is 0.507 e. The first-order valence-corrected chi connectivity index (χ1v) is 13.3. The van der Waals surface area contributed by atoms with E-state index in [1.807, 2.05) is 30.3 Å². The number of aliphatic hydroxyl groups excluding tert-OH is 1. The molecule has 0 radical (unpaired) electrons. The van der Waals surface area contributed by atoms with Gasteiger partial charge in [-0.2, -0.15) is 0 Å². The minimum absolute atomic E-state index is 0.00160. The number of aliphatic hydroxyl groups is 1. The van der Waals surface area contributed by atoms with Crippen LogP contribution in [0.1, 0.15) is 28.5 Å². The van der Waals surface area contributed by atoms with Crippen molar-refractivity contribution in [3.05, 3.63) is 117 Å². The molecule has 1 aliphatic heterocycles. The number of hydrogen-bond donors (Lipinski definition) is 1. The molecule has 1 N–H and O–H groups in total. The number of ether oxygens (including phenoxy) is 3. The zero-order chi connectivity index (χ0) is 29.1.